The highest BCUT2D eigenvalue weighted by Gasteiger charge is 2.26. The van der Waals surface area contributed by atoms with E-state index in [1.54, 1.807) is 24.3 Å². The molecule has 0 saturated carbocycles. The third-order valence-electron chi connectivity index (χ3n) is 3.62. The van der Waals surface area contributed by atoms with Crippen LogP contribution in [0.3, 0.4) is 0 Å². The van der Waals surface area contributed by atoms with E-state index in [4.69, 9.17) is 0 Å². The van der Waals surface area contributed by atoms with E-state index in [0.717, 1.165) is 11.3 Å². The first-order valence-corrected chi connectivity index (χ1v) is 6.90. The number of nitrogens with one attached hydrogen (secondary N) is 2. The van der Waals surface area contributed by atoms with Crippen LogP contribution in [0.25, 0.3) is 0 Å². The Hall–Kier alpha value is -2.62. The fourth-order valence-corrected chi connectivity index (χ4v) is 2.50. The summed E-state index contributed by atoms with van der Waals surface area (Å²) in [4.78, 5) is 23.7. The first kappa shape index (κ1) is 13.4. The monoisotopic (exact) mass is 280 g/mol. The van der Waals surface area contributed by atoms with Gasteiger partial charge in [-0.25, -0.2) is 0 Å². The van der Waals surface area contributed by atoms with Gasteiger partial charge in [0.25, 0.3) is 0 Å². The third-order valence-corrected chi connectivity index (χ3v) is 3.62. The lowest BCUT2D eigenvalue weighted by atomic mass is 10.1. The van der Waals surface area contributed by atoms with Gasteiger partial charge in [-0.05, 0) is 30.7 Å². The van der Waals surface area contributed by atoms with Crippen molar-refractivity contribution in [3.05, 3.63) is 59.7 Å². The van der Waals surface area contributed by atoms with Crippen molar-refractivity contribution in [3.63, 3.8) is 0 Å². The zero-order valence-corrected chi connectivity index (χ0v) is 11.7. The molecule has 1 aliphatic heterocycles. The minimum absolute atomic E-state index is 0.0162. The second-order valence-electron chi connectivity index (χ2n) is 5.18. The maximum absolute atomic E-state index is 12.3. The lowest BCUT2D eigenvalue weighted by Crippen LogP contribution is -2.32. The first-order chi connectivity index (χ1) is 10.1. The molecule has 21 heavy (non-hydrogen) atoms. The second-order valence-corrected chi connectivity index (χ2v) is 5.18. The Labute approximate surface area is 123 Å². The van der Waals surface area contributed by atoms with Crippen LogP contribution in [0.1, 0.15) is 22.8 Å². The van der Waals surface area contributed by atoms with Gasteiger partial charge in [-0.15, -0.1) is 0 Å². The smallest absolute Gasteiger partial charge is 0.247 e. The average molecular weight is 280 g/mol. The zero-order valence-electron chi connectivity index (χ0n) is 11.7. The molecule has 3 rings (SSSR count). The van der Waals surface area contributed by atoms with Crippen LogP contribution >= 0.6 is 0 Å². The predicted molar refractivity (Wildman–Crippen MR) is 82.6 cm³/mol. The van der Waals surface area contributed by atoms with E-state index < -0.39 is 0 Å². The van der Waals surface area contributed by atoms with Gasteiger partial charge >= 0.3 is 0 Å². The number of rotatable bonds is 3. The number of fused-ring (bicyclic) bond motifs is 1. The number of carbonyl (C=O) groups is 2. The topological polar surface area (TPSA) is 58.2 Å². The predicted octanol–water partition coefficient (Wildman–Crippen LogP) is 2.86. The Balaban J connectivity index is 1.71. The lowest BCUT2D eigenvalue weighted by molar-refractivity contribution is -0.116. The fourth-order valence-electron chi connectivity index (χ4n) is 2.50. The molecular formula is C17H16N2O2. The summed E-state index contributed by atoms with van der Waals surface area (Å²) in [6, 6.07) is 14.6. The maximum Gasteiger partial charge on any atom is 0.247 e. The number of benzene rings is 2. The number of ketones is 1. The van der Waals surface area contributed by atoms with Gasteiger partial charge in [0, 0.05) is 23.4 Å². The molecule has 2 N–H and O–H groups in total. The normalized spacial score (nSPS) is 16.0. The van der Waals surface area contributed by atoms with Crippen molar-refractivity contribution >= 4 is 23.1 Å². The van der Waals surface area contributed by atoms with Crippen molar-refractivity contribution in [2.24, 2.45) is 0 Å². The summed E-state index contributed by atoms with van der Waals surface area (Å²) in [5.74, 6) is -0.107. The van der Waals surface area contributed by atoms with Crippen molar-refractivity contribution in [3.8, 4) is 0 Å². The highest BCUT2D eigenvalue weighted by molar-refractivity contribution is 6.00. The average Bonchev–Trinajstić information content (AvgIpc) is 2.91. The van der Waals surface area contributed by atoms with Crippen molar-refractivity contribution in [1.29, 1.82) is 0 Å². The highest BCUT2D eigenvalue weighted by atomic mass is 16.2. The molecule has 0 aromatic heterocycles. The van der Waals surface area contributed by atoms with E-state index in [2.05, 4.69) is 10.6 Å². The number of amides is 1. The van der Waals surface area contributed by atoms with Crippen molar-refractivity contribution in [2.45, 2.75) is 19.4 Å². The van der Waals surface area contributed by atoms with Gasteiger partial charge in [0.15, 0.2) is 5.78 Å². The summed E-state index contributed by atoms with van der Waals surface area (Å²) in [5.41, 5.74) is 3.39. The molecule has 2 aromatic rings. The molecule has 4 heteroatoms. The molecule has 0 spiro atoms. The van der Waals surface area contributed by atoms with Crippen molar-refractivity contribution < 1.29 is 9.59 Å². The molecule has 106 valence electrons. The number of hydrogen-bond donors (Lipinski definition) is 2. The highest BCUT2D eigenvalue weighted by Crippen LogP contribution is 2.25. The molecule has 1 aliphatic rings. The van der Waals surface area contributed by atoms with Gasteiger partial charge in [-0.1, -0.05) is 30.3 Å². The lowest BCUT2D eigenvalue weighted by Gasteiger charge is -2.12. The third kappa shape index (κ3) is 2.79. The number of anilines is 2. The Morgan fingerprint density at radius 1 is 1.14 bits per heavy atom. The van der Waals surface area contributed by atoms with E-state index in [9.17, 15) is 9.59 Å². The van der Waals surface area contributed by atoms with E-state index in [1.165, 1.54) is 6.92 Å². The largest absolute Gasteiger partial charge is 0.373 e. The summed E-state index contributed by atoms with van der Waals surface area (Å²) in [5, 5.41) is 6.07. The van der Waals surface area contributed by atoms with E-state index in [-0.39, 0.29) is 17.7 Å². The Bertz CT molecular complexity index is 684. The molecule has 1 unspecified atom stereocenters. The molecule has 0 saturated heterocycles. The van der Waals surface area contributed by atoms with Crippen LogP contribution < -0.4 is 10.6 Å². The van der Waals surface area contributed by atoms with Crippen LogP contribution in [0.2, 0.25) is 0 Å². The van der Waals surface area contributed by atoms with E-state index >= 15 is 0 Å². The van der Waals surface area contributed by atoms with Crippen molar-refractivity contribution in [2.75, 3.05) is 10.6 Å². The van der Waals surface area contributed by atoms with Crippen LogP contribution in [0.15, 0.2) is 48.5 Å². The molecular weight excluding hydrogens is 264 g/mol. The molecule has 0 radical (unpaired) electrons. The van der Waals surface area contributed by atoms with E-state index in [1.807, 2.05) is 24.3 Å². The van der Waals surface area contributed by atoms with Gasteiger partial charge in [0.05, 0.1) is 0 Å². The SMILES string of the molecule is CC(=O)c1cccc(NC(=O)C2Cc3ccccc3N2)c1. The molecule has 0 aliphatic carbocycles. The standard InChI is InChI=1S/C17H16N2O2/c1-11(20)12-6-4-7-14(9-12)18-17(21)16-10-13-5-2-3-8-15(13)19-16/h2-9,16,19H,10H2,1H3,(H,18,21). The molecule has 2 aromatic carbocycles. The number of para-hydroxylation sites is 1. The Morgan fingerprint density at radius 3 is 2.71 bits per heavy atom. The van der Waals surface area contributed by atoms with Gasteiger partial charge in [0.2, 0.25) is 5.91 Å². The minimum Gasteiger partial charge on any atom is -0.373 e. The molecule has 1 heterocycles. The number of Topliss-reactive ketones (excluding diaryl/α,β-unsaturated/α-hetero) is 1. The first-order valence-electron chi connectivity index (χ1n) is 6.90. The van der Waals surface area contributed by atoms with Crippen LogP contribution in [-0.2, 0) is 11.2 Å². The van der Waals surface area contributed by atoms with Crippen molar-refractivity contribution in [1.82, 2.24) is 0 Å². The van der Waals surface area contributed by atoms with E-state index in [0.29, 0.717) is 17.7 Å². The zero-order chi connectivity index (χ0) is 14.8. The summed E-state index contributed by atoms with van der Waals surface area (Å²) in [6.45, 7) is 1.51. The van der Waals surface area contributed by atoms with Crippen LogP contribution in [0, 0.1) is 0 Å². The van der Waals surface area contributed by atoms with Gasteiger partial charge < -0.3 is 10.6 Å². The Morgan fingerprint density at radius 2 is 1.95 bits per heavy atom. The van der Waals surface area contributed by atoms with Crippen LogP contribution in [0.5, 0.6) is 0 Å². The molecule has 0 bridgehead atoms. The Kier molecular flexibility index (Phi) is 3.44. The maximum atomic E-state index is 12.3. The van der Waals surface area contributed by atoms with Crippen LogP contribution in [0.4, 0.5) is 11.4 Å². The molecule has 4 nitrogen and oxygen atoms in total. The molecule has 0 fully saturated rings. The van der Waals surface area contributed by atoms with Gasteiger partial charge in [-0.2, -0.15) is 0 Å². The second kappa shape index (κ2) is 5.40. The fraction of sp³-hybridized carbons (Fsp3) is 0.176. The number of hydrogen-bond acceptors (Lipinski definition) is 3. The summed E-state index contributed by atoms with van der Waals surface area (Å²) < 4.78 is 0. The van der Waals surface area contributed by atoms with Gasteiger partial charge in [0.1, 0.15) is 6.04 Å². The number of carbonyl (C=O) groups excluding carboxylic acids is 2. The molecule has 1 atom stereocenters. The quantitative estimate of drug-likeness (QED) is 0.850. The van der Waals surface area contributed by atoms with Gasteiger partial charge in [-0.3, -0.25) is 9.59 Å². The van der Waals surface area contributed by atoms with Crippen LogP contribution in [-0.4, -0.2) is 17.7 Å². The summed E-state index contributed by atoms with van der Waals surface area (Å²) in [7, 11) is 0. The molecule has 1 amide bonds. The summed E-state index contributed by atoms with van der Waals surface area (Å²) in [6.07, 6.45) is 0.675. The minimum atomic E-state index is -0.275. The summed E-state index contributed by atoms with van der Waals surface area (Å²) >= 11 is 0.